The molecule has 4 heterocycles. The minimum atomic E-state index is -4.76. The highest BCUT2D eigenvalue weighted by atomic mass is 19.4. The van der Waals surface area contributed by atoms with E-state index in [0.717, 1.165) is 11.6 Å². The summed E-state index contributed by atoms with van der Waals surface area (Å²) in [6.45, 7) is 10.7. The summed E-state index contributed by atoms with van der Waals surface area (Å²) in [5.41, 5.74) is 0.805. The highest BCUT2D eigenvalue weighted by Gasteiger charge is 2.36. The lowest BCUT2D eigenvalue weighted by Gasteiger charge is -2.35. The molecule has 5 rings (SSSR count). The van der Waals surface area contributed by atoms with Gasteiger partial charge in [0.15, 0.2) is 17.0 Å². The third-order valence-electron chi connectivity index (χ3n) is 7.86. The summed E-state index contributed by atoms with van der Waals surface area (Å²) in [6.07, 6.45) is -3.70. The number of ether oxygens (including phenoxy) is 1. The molecule has 12 nitrogen and oxygen atoms in total. The number of piperazine rings is 1. The maximum absolute atomic E-state index is 14.1. The van der Waals surface area contributed by atoms with Crippen LogP contribution < -0.4 is 5.32 Å². The van der Waals surface area contributed by atoms with Gasteiger partial charge in [0.25, 0.3) is 5.91 Å². The van der Waals surface area contributed by atoms with Crippen LogP contribution in [0.4, 0.5) is 23.7 Å². The molecule has 0 radical (unpaired) electrons. The first-order valence-corrected chi connectivity index (χ1v) is 14.9. The standard InChI is InChI=1S/C31H35F3N8O4/c1-6-46-30(45)40-13-11-39(12-14-40)29(44)20(5)41-17-25(19(4)37-41)36-28(43)24-16-27-35-23(15-26(31(32,33)34)42(27)38-24)22-9-7-21(8-10-22)18(2)3/h7-10,15-18,20H,6,11-14H2,1-5H3,(H,36,43). The Bertz CT molecular complexity index is 1760. The van der Waals surface area contributed by atoms with Gasteiger partial charge < -0.3 is 19.9 Å². The molecular weight excluding hydrogens is 605 g/mol. The van der Waals surface area contributed by atoms with Crippen LogP contribution in [0.5, 0.6) is 0 Å². The number of amides is 3. The van der Waals surface area contributed by atoms with Gasteiger partial charge in [-0.1, -0.05) is 38.1 Å². The highest BCUT2D eigenvalue weighted by molar-refractivity contribution is 6.03. The van der Waals surface area contributed by atoms with E-state index in [1.165, 1.54) is 16.9 Å². The van der Waals surface area contributed by atoms with Crippen molar-refractivity contribution in [2.45, 2.75) is 52.8 Å². The fourth-order valence-corrected chi connectivity index (χ4v) is 5.16. The van der Waals surface area contributed by atoms with Crippen LogP contribution in [-0.2, 0) is 15.7 Å². The second kappa shape index (κ2) is 12.8. The number of aromatic nitrogens is 5. The van der Waals surface area contributed by atoms with E-state index in [9.17, 15) is 27.6 Å². The van der Waals surface area contributed by atoms with E-state index in [1.54, 1.807) is 42.7 Å². The van der Waals surface area contributed by atoms with Crippen molar-refractivity contribution in [1.29, 1.82) is 0 Å². The monoisotopic (exact) mass is 640 g/mol. The van der Waals surface area contributed by atoms with Crippen molar-refractivity contribution in [2.75, 3.05) is 38.1 Å². The second-order valence-electron chi connectivity index (χ2n) is 11.4. The third-order valence-corrected chi connectivity index (χ3v) is 7.86. The minimum Gasteiger partial charge on any atom is -0.450 e. The molecule has 1 aromatic carbocycles. The number of rotatable bonds is 7. The molecule has 1 atom stereocenters. The van der Waals surface area contributed by atoms with Crippen molar-refractivity contribution in [3.8, 4) is 11.3 Å². The smallest absolute Gasteiger partial charge is 0.433 e. The topological polar surface area (TPSA) is 127 Å². The van der Waals surface area contributed by atoms with Gasteiger partial charge in [-0.05, 0) is 38.3 Å². The highest BCUT2D eigenvalue weighted by Crippen LogP contribution is 2.33. The second-order valence-corrected chi connectivity index (χ2v) is 11.4. The van der Waals surface area contributed by atoms with Gasteiger partial charge in [0, 0.05) is 44.0 Å². The van der Waals surface area contributed by atoms with Gasteiger partial charge in [-0.2, -0.15) is 23.4 Å². The van der Waals surface area contributed by atoms with Crippen LogP contribution in [0.2, 0.25) is 0 Å². The fraction of sp³-hybridized carbons (Fsp3) is 0.419. The number of benzene rings is 1. The summed E-state index contributed by atoms with van der Waals surface area (Å²) in [7, 11) is 0. The van der Waals surface area contributed by atoms with Crippen LogP contribution in [0.25, 0.3) is 16.9 Å². The van der Waals surface area contributed by atoms with Crippen LogP contribution in [0.3, 0.4) is 0 Å². The molecule has 3 amide bonds. The van der Waals surface area contributed by atoms with E-state index in [-0.39, 0.29) is 41.2 Å². The van der Waals surface area contributed by atoms with E-state index in [0.29, 0.717) is 42.0 Å². The van der Waals surface area contributed by atoms with Gasteiger partial charge in [0.2, 0.25) is 5.91 Å². The van der Waals surface area contributed by atoms with E-state index in [1.807, 2.05) is 26.0 Å². The average Bonchev–Trinajstić information content (AvgIpc) is 3.63. The SMILES string of the molecule is CCOC(=O)N1CCN(C(=O)C(C)n2cc(NC(=O)c3cc4nc(-c5ccc(C(C)C)cc5)cc(C(F)(F)F)n4n3)c(C)n2)CC1. The molecule has 46 heavy (non-hydrogen) atoms. The Morgan fingerprint density at radius 2 is 1.63 bits per heavy atom. The molecule has 1 aliphatic heterocycles. The first-order valence-electron chi connectivity index (χ1n) is 14.9. The third kappa shape index (κ3) is 6.67. The van der Waals surface area contributed by atoms with Crippen molar-refractivity contribution >= 4 is 29.2 Å². The first kappa shape index (κ1) is 32.4. The molecule has 3 aromatic heterocycles. The van der Waals surface area contributed by atoms with Gasteiger partial charge in [0.05, 0.1) is 23.7 Å². The largest absolute Gasteiger partial charge is 0.450 e. The minimum absolute atomic E-state index is 0.0973. The normalized spacial score (nSPS) is 14.5. The van der Waals surface area contributed by atoms with Gasteiger partial charge >= 0.3 is 12.3 Å². The lowest BCUT2D eigenvalue weighted by atomic mass is 10.0. The molecule has 1 aliphatic rings. The van der Waals surface area contributed by atoms with Gasteiger partial charge in [-0.3, -0.25) is 14.3 Å². The number of carbonyl (C=O) groups excluding carboxylic acids is 3. The molecule has 1 fully saturated rings. The van der Waals surface area contributed by atoms with Crippen molar-refractivity contribution in [3.05, 3.63) is 65.2 Å². The summed E-state index contributed by atoms with van der Waals surface area (Å²) in [6, 6.07) is 8.50. The van der Waals surface area contributed by atoms with Crippen LogP contribution in [0.1, 0.15) is 67.1 Å². The van der Waals surface area contributed by atoms with Crippen molar-refractivity contribution in [1.82, 2.24) is 34.2 Å². The number of hydrogen-bond donors (Lipinski definition) is 1. The summed E-state index contributed by atoms with van der Waals surface area (Å²) in [4.78, 5) is 45.9. The van der Waals surface area contributed by atoms with Crippen molar-refractivity contribution in [2.24, 2.45) is 0 Å². The lowest BCUT2D eigenvalue weighted by Crippen LogP contribution is -2.52. The van der Waals surface area contributed by atoms with Gasteiger partial charge in [0.1, 0.15) is 6.04 Å². The number of carbonyl (C=O) groups is 3. The Kier molecular flexibility index (Phi) is 9.03. The Balaban J connectivity index is 1.33. The summed E-state index contributed by atoms with van der Waals surface area (Å²) in [5.74, 6) is -0.728. The average molecular weight is 641 g/mol. The predicted octanol–water partition coefficient (Wildman–Crippen LogP) is 5.16. The number of alkyl halides is 3. The molecule has 15 heteroatoms. The predicted molar refractivity (Wildman–Crippen MR) is 162 cm³/mol. The Morgan fingerprint density at radius 3 is 2.24 bits per heavy atom. The molecule has 0 bridgehead atoms. The van der Waals surface area contributed by atoms with E-state index in [2.05, 4.69) is 20.5 Å². The van der Waals surface area contributed by atoms with Crippen molar-refractivity contribution in [3.63, 3.8) is 0 Å². The Hall–Kier alpha value is -4.95. The molecular formula is C31H35F3N8O4. The molecule has 0 aliphatic carbocycles. The first-order chi connectivity index (χ1) is 21.8. The lowest BCUT2D eigenvalue weighted by molar-refractivity contribution is -0.142. The van der Waals surface area contributed by atoms with Gasteiger partial charge in [-0.15, -0.1) is 0 Å². The maximum atomic E-state index is 14.1. The zero-order valence-corrected chi connectivity index (χ0v) is 26.1. The quantitative estimate of drug-likeness (QED) is 0.296. The van der Waals surface area contributed by atoms with Crippen LogP contribution >= 0.6 is 0 Å². The number of hydrogen-bond acceptors (Lipinski definition) is 7. The number of aryl methyl sites for hydroxylation is 1. The summed E-state index contributed by atoms with van der Waals surface area (Å²) >= 11 is 0. The molecule has 244 valence electrons. The van der Waals surface area contributed by atoms with Gasteiger partial charge in [-0.25, -0.2) is 14.3 Å². The van der Waals surface area contributed by atoms with E-state index < -0.39 is 29.9 Å². The zero-order valence-electron chi connectivity index (χ0n) is 26.1. The number of fused-ring (bicyclic) bond motifs is 1. The summed E-state index contributed by atoms with van der Waals surface area (Å²) in [5, 5.41) is 11.0. The number of halogens is 3. The molecule has 4 aromatic rings. The number of nitrogens with zero attached hydrogens (tertiary/aromatic N) is 7. The van der Waals surface area contributed by atoms with Crippen LogP contribution in [-0.4, -0.2) is 84.9 Å². The zero-order chi connectivity index (χ0) is 33.3. The molecule has 1 unspecified atom stereocenters. The van der Waals surface area contributed by atoms with Crippen molar-refractivity contribution < 1.29 is 32.3 Å². The molecule has 1 N–H and O–H groups in total. The maximum Gasteiger partial charge on any atom is 0.433 e. The Labute approximate surface area is 263 Å². The van der Waals surface area contributed by atoms with Crippen LogP contribution in [0.15, 0.2) is 42.6 Å². The Morgan fingerprint density at radius 1 is 0.978 bits per heavy atom. The number of anilines is 1. The molecule has 0 saturated carbocycles. The van der Waals surface area contributed by atoms with Crippen LogP contribution in [0, 0.1) is 6.92 Å². The molecule has 0 spiro atoms. The summed E-state index contributed by atoms with van der Waals surface area (Å²) < 4.78 is 49.4. The van der Waals surface area contributed by atoms with E-state index >= 15 is 0 Å². The van der Waals surface area contributed by atoms with E-state index in [4.69, 9.17) is 4.74 Å². The number of nitrogens with one attached hydrogen (secondary N) is 1. The fourth-order valence-electron chi connectivity index (χ4n) is 5.16. The molecule has 1 saturated heterocycles.